The van der Waals surface area contributed by atoms with Crippen LogP contribution in [0.3, 0.4) is 0 Å². The Kier molecular flexibility index (Phi) is 6.69. The lowest BCUT2D eigenvalue weighted by Gasteiger charge is -2.11. The number of esters is 1. The number of rotatable bonds is 8. The molecule has 0 atom stereocenters. The molecule has 6 nitrogen and oxygen atoms in total. The van der Waals surface area contributed by atoms with Crippen molar-refractivity contribution < 1.29 is 23.7 Å². The summed E-state index contributed by atoms with van der Waals surface area (Å²) >= 11 is 0. The van der Waals surface area contributed by atoms with E-state index >= 15 is 0 Å². The number of hydrogen-bond donors (Lipinski definition) is 0. The van der Waals surface area contributed by atoms with Crippen molar-refractivity contribution in [1.82, 2.24) is 0 Å². The van der Waals surface area contributed by atoms with Crippen molar-refractivity contribution in [1.29, 1.82) is 5.26 Å². The number of ether oxygens (including phenoxy) is 4. The Morgan fingerprint density at radius 2 is 1.59 bits per heavy atom. The second-order valence-corrected chi connectivity index (χ2v) is 5.99. The van der Waals surface area contributed by atoms with Crippen LogP contribution >= 0.6 is 0 Å². The number of nitrogens with zero attached hydrogens (tertiary/aromatic N) is 1. The molecule has 3 rings (SSSR count). The molecule has 3 aromatic rings. The smallest absolute Gasteiger partial charge is 0.349 e. The Hall–Kier alpha value is -3.98. The van der Waals surface area contributed by atoms with Crippen LogP contribution in [-0.4, -0.2) is 19.7 Å². The zero-order valence-corrected chi connectivity index (χ0v) is 15.8. The predicted molar refractivity (Wildman–Crippen MR) is 106 cm³/mol. The molecule has 0 bridgehead atoms. The summed E-state index contributed by atoms with van der Waals surface area (Å²) < 4.78 is 21.5. The van der Waals surface area contributed by atoms with Crippen molar-refractivity contribution in [2.45, 2.75) is 6.61 Å². The third-order valence-corrected chi connectivity index (χ3v) is 3.95. The van der Waals surface area contributed by atoms with Gasteiger partial charge in [-0.25, -0.2) is 4.79 Å². The van der Waals surface area contributed by atoms with Crippen molar-refractivity contribution in [3.05, 3.63) is 83.9 Å². The van der Waals surface area contributed by atoms with E-state index in [1.54, 1.807) is 30.3 Å². The van der Waals surface area contributed by atoms with Crippen molar-refractivity contribution in [2.75, 3.05) is 13.7 Å². The van der Waals surface area contributed by atoms with Crippen LogP contribution in [0.5, 0.6) is 23.0 Å². The van der Waals surface area contributed by atoms with Crippen LogP contribution in [0.2, 0.25) is 0 Å². The standard InChI is InChI=1S/C23H19NO5/c1-26-22-13-18(14-24)7-12-21(22)29-23(25)16-28-20-10-8-19(9-11-20)27-15-17-5-3-2-4-6-17/h2-13H,15-16H2,1H3. The van der Waals surface area contributed by atoms with Crippen LogP contribution in [-0.2, 0) is 11.4 Å². The summed E-state index contributed by atoms with van der Waals surface area (Å²) in [6, 6.07) is 23.4. The number of nitriles is 1. The minimum absolute atomic E-state index is 0.227. The third-order valence-electron chi connectivity index (χ3n) is 3.95. The second kappa shape index (κ2) is 9.81. The van der Waals surface area contributed by atoms with Gasteiger partial charge in [-0.05, 0) is 42.0 Å². The van der Waals surface area contributed by atoms with Gasteiger partial charge in [0.1, 0.15) is 18.1 Å². The summed E-state index contributed by atoms with van der Waals surface area (Å²) in [4.78, 5) is 12.0. The first kappa shape index (κ1) is 19.8. The number of hydrogen-bond acceptors (Lipinski definition) is 6. The van der Waals surface area contributed by atoms with Crippen LogP contribution in [0, 0.1) is 11.3 Å². The predicted octanol–water partition coefficient (Wildman–Crippen LogP) is 4.13. The molecule has 3 aromatic carbocycles. The van der Waals surface area contributed by atoms with Gasteiger partial charge in [0, 0.05) is 6.07 Å². The molecule has 0 saturated heterocycles. The lowest BCUT2D eigenvalue weighted by atomic mass is 10.2. The first-order valence-electron chi connectivity index (χ1n) is 8.86. The first-order valence-corrected chi connectivity index (χ1v) is 8.86. The fraction of sp³-hybridized carbons (Fsp3) is 0.130. The van der Waals surface area contributed by atoms with E-state index in [0.717, 1.165) is 5.56 Å². The Balaban J connectivity index is 1.49. The molecule has 0 heterocycles. The maximum absolute atomic E-state index is 12.0. The van der Waals surface area contributed by atoms with E-state index in [1.807, 2.05) is 36.4 Å². The second-order valence-electron chi connectivity index (χ2n) is 5.99. The molecular weight excluding hydrogens is 370 g/mol. The van der Waals surface area contributed by atoms with Gasteiger partial charge in [-0.15, -0.1) is 0 Å². The molecule has 0 saturated carbocycles. The lowest BCUT2D eigenvalue weighted by molar-refractivity contribution is -0.136. The topological polar surface area (TPSA) is 77.8 Å². The quantitative estimate of drug-likeness (QED) is 0.426. The fourth-order valence-corrected chi connectivity index (χ4v) is 2.49. The molecule has 0 amide bonds. The minimum atomic E-state index is -0.586. The van der Waals surface area contributed by atoms with E-state index in [-0.39, 0.29) is 12.4 Å². The molecule has 0 aromatic heterocycles. The molecule has 0 N–H and O–H groups in total. The molecule has 0 spiro atoms. The Morgan fingerprint density at radius 3 is 2.24 bits per heavy atom. The van der Waals surface area contributed by atoms with E-state index < -0.39 is 5.97 Å². The van der Waals surface area contributed by atoms with Gasteiger partial charge in [0.15, 0.2) is 18.1 Å². The maximum atomic E-state index is 12.0. The van der Waals surface area contributed by atoms with Gasteiger partial charge >= 0.3 is 5.97 Å². The van der Waals surface area contributed by atoms with Crippen molar-refractivity contribution in [2.24, 2.45) is 0 Å². The molecule has 29 heavy (non-hydrogen) atoms. The fourth-order valence-electron chi connectivity index (χ4n) is 2.49. The Morgan fingerprint density at radius 1 is 0.897 bits per heavy atom. The molecule has 0 unspecified atom stereocenters. The van der Waals surface area contributed by atoms with Crippen molar-refractivity contribution >= 4 is 5.97 Å². The summed E-state index contributed by atoms with van der Waals surface area (Å²) in [5.41, 5.74) is 1.49. The van der Waals surface area contributed by atoms with Crippen molar-refractivity contribution in [3.8, 4) is 29.1 Å². The SMILES string of the molecule is COc1cc(C#N)ccc1OC(=O)COc1ccc(OCc2ccccc2)cc1. The molecule has 0 radical (unpaired) electrons. The normalized spacial score (nSPS) is 9.93. The number of carbonyl (C=O) groups excluding carboxylic acids is 1. The average Bonchev–Trinajstić information content (AvgIpc) is 2.78. The van der Waals surface area contributed by atoms with Crippen LogP contribution in [0.15, 0.2) is 72.8 Å². The van der Waals surface area contributed by atoms with Gasteiger partial charge < -0.3 is 18.9 Å². The van der Waals surface area contributed by atoms with E-state index in [2.05, 4.69) is 0 Å². The van der Waals surface area contributed by atoms with Gasteiger partial charge in [-0.1, -0.05) is 30.3 Å². The highest BCUT2D eigenvalue weighted by atomic mass is 16.6. The summed E-state index contributed by atoms with van der Waals surface area (Å²) in [6.07, 6.45) is 0. The summed E-state index contributed by atoms with van der Waals surface area (Å²) in [6.45, 7) is 0.202. The Labute approximate surface area is 168 Å². The minimum Gasteiger partial charge on any atom is -0.493 e. The summed E-state index contributed by atoms with van der Waals surface area (Å²) in [5, 5.41) is 8.91. The van der Waals surface area contributed by atoms with Gasteiger partial charge in [-0.2, -0.15) is 5.26 Å². The van der Waals surface area contributed by atoms with Crippen LogP contribution in [0.4, 0.5) is 0 Å². The van der Waals surface area contributed by atoms with E-state index in [4.69, 9.17) is 24.2 Å². The molecule has 0 aliphatic carbocycles. The van der Waals surface area contributed by atoms with Gasteiger partial charge in [0.2, 0.25) is 0 Å². The molecule has 0 fully saturated rings. The summed E-state index contributed by atoms with van der Waals surface area (Å²) in [5.74, 6) is 1.16. The van der Waals surface area contributed by atoms with Crippen molar-refractivity contribution in [3.63, 3.8) is 0 Å². The molecule has 0 aliphatic heterocycles. The summed E-state index contributed by atoms with van der Waals surface area (Å²) in [7, 11) is 1.44. The third kappa shape index (κ3) is 5.75. The zero-order chi connectivity index (χ0) is 20.5. The van der Waals surface area contributed by atoms with E-state index in [9.17, 15) is 4.79 Å². The Bertz CT molecular complexity index is 994. The van der Waals surface area contributed by atoms with Gasteiger partial charge in [-0.3, -0.25) is 0 Å². The van der Waals surface area contributed by atoms with Crippen LogP contribution in [0.25, 0.3) is 0 Å². The number of carbonyl (C=O) groups is 1. The monoisotopic (exact) mass is 389 g/mol. The highest BCUT2D eigenvalue weighted by molar-refractivity contribution is 5.75. The van der Waals surface area contributed by atoms with E-state index in [0.29, 0.717) is 29.4 Å². The molecule has 6 heteroatoms. The number of benzene rings is 3. The maximum Gasteiger partial charge on any atom is 0.349 e. The molecule has 0 aliphatic rings. The molecule has 146 valence electrons. The first-order chi connectivity index (χ1) is 14.2. The highest BCUT2D eigenvalue weighted by Gasteiger charge is 2.12. The van der Waals surface area contributed by atoms with Gasteiger partial charge in [0.25, 0.3) is 0 Å². The van der Waals surface area contributed by atoms with Crippen LogP contribution < -0.4 is 18.9 Å². The molecular formula is C23H19NO5. The van der Waals surface area contributed by atoms with Crippen LogP contribution in [0.1, 0.15) is 11.1 Å². The average molecular weight is 389 g/mol. The van der Waals surface area contributed by atoms with E-state index in [1.165, 1.54) is 19.2 Å². The number of methoxy groups -OCH3 is 1. The highest BCUT2D eigenvalue weighted by Crippen LogP contribution is 2.28. The largest absolute Gasteiger partial charge is 0.493 e. The lowest BCUT2D eigenvalue weighted by Crippen LogP contribution is -2.18. The van der Waals surface area contributed by atoms with Gasteiger partial charge in [0.05, 0.1) is 18.7 Å². The zero-order valence-electron chi connectivity index (χ0n) is 15.8.